The SMILES string of the molecule is CCCC(Br)CNC(=O)c1cccc([N+](=O)[O-])c1OC. The molecular weight excluding hydrogens is 328 g/mol. The van der Waals surface area contributed by atoms with Crippen LogP contribution in [0.25, 0.3) is 0 Å². The number of rotatable bonds is 7. The summed E-state index contributed by atoms with van der Waals surface area (Å²) in [5, 5.41) is 13.6. The molecule has 20 heavy (non-hydrogen) atoms. The molecule has 0 aliphatic rings. The van der Waals surface area contributed by atoms with Crippen LogP contribution >= 0.6 is 15.9 Å². The van der Waals surface area contributed by atoms with Gasteiger partial charge in [0.25, 0.3) is 5.91 Å². The fourth-order valence-electron chi connectivity index (χ4n) is 1.78. The Morgan fingerprint density at radius 3 is 2.80 bits per heavy atom. The Morgan fingerprint density at radius 2 is 2.25 bits per heavy atom. The second-order valence-corrected chi connectivity index (χ2v) is 5.51. The van der Waals surface area contributed by atoms with Crippen LogP contribution in [0.3, 0.4) is 0 Å². The van der Waals surface area contributed by atoms with Gasteiger partial charge in [0.1, 0.15) is 0 Å². The Hall–Kier alpha value is -1.63. The van der Waals surface area contributed by atoms with Crippen molar-refractivity contribution in [2.45, 2.75) is 24.6 Å². The molecule has 0 saturated heterocycles. The zero-order valence-electron chi connectivity index (χ0n) is 11.4. The lowest BCUT2D eigenvalue weighted by Gasteiger charge is -2.12. The Kier molecular flexibility index (Phi) is 6.44. The van der Waals surface area contributed by atoms with Crippen molar-refractivity contribution in [3.05, 3.63) is 33.9 Å². The Morgan fingerprint density at radius 1 is 1.55 bits per heavy atom. The minimum atomic E-state index is -0.569. The summed E-state index contributed by atoms with van der Waals surface area (Å²) in [6, 6.07) is 4.28. The number of hydrogen-bond donors (Lipinski definition) is 1. The van der Waals surface area contributed by atoms with Gasteiger partial charge in [0.15, 0.2) is 0 Å². The zero-order valence-corrected chi connectivity index (χ0v) is 13.0. The van der Waals surface area contributed by atoms with Crippen molar-refractivity contribution in [1.29, 1.82) is 0 Å². The van der Waals surface area contributed by atoms with E-state index in [4.69, 9.17) is 4.74 Å². The molecule has 1 amide bonds. The van der Waals surface area contributed by atoms with Crippen LogP contribution < -0.4 is 10.1 Å². The van der Waals surface area contributed by atoms with Gasteiger partial charge in [-0.2, -0.15) is 0 Å². The lowest BCUT2D eigenvalue weighted by Crippen LogP contribution is -2.29. The van der Waals surface area contributed by atoms with Gasteiger partial charge in [0, 0.05) is 17.4 Å². The average molecular weight is 345 g/mol. The molecule has 0 radical (unpaired) electrons. The summed E-state index contributed by atoms with van der Waals surface area (Å²) < 4.78 is 5.00. The summed E-state index contributed by atoms with van der Waals surface area (Å²) in [6.07, 6.45) is 1.94. The molecule has 1 atom stereocenters. The van der Waals surface area contributed by atoms with Gasteiger partial charge in [0.05, 0.1) is 17.6 Å². The van der Waals surface area contributed by atoms with Crippen LogP contribution in [-0.2, 0) is 0 Å². The quantitative estimate of drug-likeness (QED) is 0.468. The highest BCUT2D eigenvalue weighted by atomic mass is 79.9. The number of halogens is 1. The van der Waals surface area contributed by atoms with Gasteiger partial charge in [-0.15, -0.1) is 0 Å². The van der Waals surface area contributed by atoms with Crippen molar-refractivity contribution >= 4 is 27.5 Å². The Bertz CT molecular complexity index is 493. The van der Waals surface area contributed by atoms with E-state index in [0.717, 1.165) is 12.8 Å². The number of nitro groups is 1. The highest BCUT2D eigenvalue weighted by Crippen LogP contribution is 2.30. The van der Waals surface area contributed by atoms with Crippen molar-refractivity contribution in [3.63, 3.8) is 0 Å². The first-order valence-corrected chi connectivity index (χ1v) is 7.16. The minimum absolute atomic E-state index is 0.0170. The first kappa shape index (κ1) is 16.4. The normalized spacial score (nSPS) is 11.8. The number of amides is 1. The number of benzene rings is 1. The van der Waals surface area contributed by atoms with Crippen LogP contribution in [-0.4, -0.2) is 29.3 Å². The molecule has 0 spiro atoms. The van der Waals surface area contributed by atoms with Crippen molar-refractivity contribution in [1.82, 2.24) is 5.32 Å². The smallest absolute Gasteiger partial charge is 0.311 e. The topological polar surface area (TPSA) is 81.5 Å². The molecule has 7 heteroatoms. The minimum Gasteiger partial charge on any atom is -0.490 e. The van der Waals surface area contributed by atoms with Gasteiger partial charge in [-0.25, -0.2) is 0 Å². The van der Waals surface area contributed by atoms with Gasteiger partial charge in [-0.05, 0) is 12.5 Å². The Labute approximate surface area is 125 Å². The molecule has 0 bridgehead atoms. The van der Waals surface area contributed by atoms with Crippen LogP contribution in [0.5, 0.6) is 5.75 Å². The first-order valence-electron chi connectivity index (χ1n) is 6.24. The van der Waals surface area contributed by atoms with Gasteiger partial charge in [-0.3, -0.25) is 14.9 Å². The summed E-state index contributed by atoms with van der Waals surface area (Å²) >= 11 is 3.46. The predicted molar refractivity (Wildman–Crippen MR) is 79.6 cm³/mol. The second kappa shape index (κ2) is 7.84. The number of nitro benzene ring substituents is 1. The molecule has 6 nitrogen and oxygen atoms in total. The van der Waals surface area contributed by atoms with Crippen LogP contribution in [0.4, 0.5) is 5.69 Å². The van der Waals surface area contributed by atoms with E-state index >= 15 is 0 Å². The van der Waals surface area contributed by atoms with E-state index in [1.54, 1.807) is 0 Å². The number of carbonyl (C=O) groups is 1. The molecular formula is C13H17BrN2O4. The predicted octanol–water partition coefficient (Wildman–Crippen LogP) is 2.90. The van der Waals surface area contributed by atoms with E-state index < -0.39 is 4.92 Å². The number of alkyl halides is 1. The van der Waals surface area contributed by atoms with Crippen molar-refractivity contribution in [2.24, 2.45) is 0 Å². The third-order valence-corrected chi connectivity index (χ3v) is 3.51. The lowest BCUT2D eigenvalue weighted by molar-refractivity contribution is -0.385. The number of ether oxygens (including phenoxy) is 1. The molecule has 0 fully saturated rings. The van der Waals surface area contributed by atoms with E-state index in [1.807, 2.05) is 0 Å². The maximum Gasteiger partial charge on any atom is 0.311 e. The van der Waals surface area contributed by atoms with Crippen LogP contribution in [0, 0.1) is 10.1 Å². The fourth-order valence-corrected chi connectivity index (χ4v) is 2.40. The van der Waals surface area contributed by atoms with E-state index in [0.29, 0.717) is 6.54 Å². The molecule has 1 N–H and O–H groups in total. The zero-order chi connectivity index (χ0) is 15.1. The van der Waals surface area contributed by atoms with Gasteiger partial charge in [0.2, 0.25) is 5.75 Å². The molecule has 1 aromatic rings. The molecule has 0 heterocycles. The van der Waals surface area contributed by atoms with Gasteiger partial charge in [-0.1, -0.05) is 35.3 Å². The Balaban J connectivity index is 2.87. The number of carbonyl (C=O) groups excluding carboxylic acids is 1. The first-order chi connectivity index (χ1) is 9.51. The molecule has 1 aromatic carbocycles. The summed E-state index contributed by atoms with van der Waals surface area (Å²) in [5.74, 6) is -0.400. The van der Waals surface area contributed by atoms with Crippen LogP contribution in [0.15, 0.2) is 18.2 Å². The lowest BCUT2D eigenvalue weighted by atomic mass is 10.1. The van der Waals surface area contributed by atoms with Crippen molar-refractivity contribution < 1.29 is 14.5 Å². The second-order valence-electron chi connectivity index (χ2n) is 4.21. The summed E-state index contributed by atoms with van der Waals surface area (Å²) in [5.41, 5.74) is -0.0537. The van der Waals surface area contributed by atoms with Crippen molar-refractivity contribution in [3.8, 4) is 5.75 Å². The maximum atomic E-state index is 12.1. The van der Waals surface area contributed by atoms with Crippen LogP contribution in [0.1, 0.15) is 30.1 Å². The summed E-state index contributed by atoms with van der Waals surface area (Å²) in [6.45, 7) is 2.51. The van der Waals surface area contributed by atoms with E-state index in [1.165, 1.54) is 25.3 Å². The number of hydrogen-bond acceptors (Lipinski definition) is 4. The molecule has 1 unspecified atom stereocenters. The van der Waals surface area contributed by atoms with Gasteiger partial charge < -0.3 is 10.1 Å². The average Bonchev–Trinajstić information content (AvgIpc) is 2.44. The standard InChI is InChI=1S/C13H17BrN2O4/c1-3-5-9(14)8-15-13(17)10-6-4-7-11(16(18)19)12(10)20-2/h4,6-7,9H,3,5,8H2,1-2H3,(H,15,17). The molecule has 0 saturated carbocycles. The number of methoxy groups -OCH3 is 1. The molecule has 0 aliphatic carbocycles. The maximum absolute atomic E-state index is 12.1. The monoisotopic (exact) mass is 344 g/mol. The van der Waals surface area contributed by atoms with Crippen LogP contribution in [0.2, 0.25) is 0 Å². The highest BCUT2D eigenvalue weighted by molar-refractivity contribution is 9.09. The highest BCUT2D eigenvalue weighted by Gasteiger charge is 2.22. The summed E-state index contributed by atoms with van der Waals surface area (Å²) in [4.78, 5) is 22.6. The summed E-state index contributed by atoms with van der Waals surface area (Å²) in [7, 11) is 1.31. The number of para-hydroxylation sites is 1. The molecule has 110 valence electrons. The molecule has 0 aromatic heterocycles. The fraction of sp³-hybridized carbons (Fsp3) is 0.462. The van der Waals surface area contributed by atoms with E-state index in [9.17, 15) is 14.9 Å². The number of nitrogens with one attached hydrogen (secondary N) is 1. The largest absolute Gasteiger partial charge is 0.490 e. The van der Waals surface area contributed by atoms with Gasteiger partial charge >= 0.3 is 5.69 Å². The van der Waals surface area contributed by atoms with Crippen molar-refractivity contribution in [2.75, 3.05) is 13.7 Å². The molecule has 0 aliphatic heterocycles. The third kappa shape index (κ3) is 4.19. The third-order valence-electron chi connectivity index (χ3n) is 2.73. The number of nitrogens with zero attached hydrogens (tertiary/aromatic N) is 1. The van der Waals surface area contributed by atoms with E-state index in [2.05, 4.69) is 28.2 Å². The van der Waals surface area contributed by atoms with E-state index in [-0.39, 0.29) is 27.7 Å². The molecule has 1 rings (SSSR count).